The second kappa shape index (κ2) is 7.84. The fourth-order valence-electron chi connectivity index (χ4n) is 3.44. The van der Waals surface area contributed by atoms with E-state index >= 15 is 0 Å². The van der Waals surface area contributed by atoms with Crippen molar-refractivity contribution in [2.75, 3.05) is 50.8 Å². The molecule has 1 amide bonds. The van der Waals surface area contributed by atoms with Gasteiger partial charge < -0.3 is 19.9 Å². The highest BCUT2D eigenvalue weighted by molar-refractivity contribution is 5.78. The van der Waals surface area contributed by atoms with Crippen LogP contribution in [-0.2, 0) is 9.53 Å². The van der Waals surface area contributed by atoms with E-state index in [1.807, 2.05) is 24.4 Å². The van der Waals surface area contributed by atoms with Crippen molar-refractivity contribution in [2.24, 2.45) is 0 Å². The molecular weight excluding hydrogens is 332 g/mol. The smallest absolute Gasteiger partial charge is 0.234 e. The molecule has 0 bridgehead atoms. The number of anilines is 1. The lowest BCUT2D eigenvalue weighted by atomic mass is 10.2. The van der Waals surface area contributed by atoms with E-state index in [0.717, 1.165) is 44.0 Å². The number of nitrogens with zero attached hydrogens (tertiary/aromatic N) is 4. The number of ether oxygens (including phenoxy) is 1. The van der Waals surface area contributed by atoms with Gasteiger partial charge in [0.25, 0.3) is 0 Å². The van der Waals surface area contributed by atoms with Crippen LogP contribution in [-0.4, -0.2) is 77.7 Å². The van der Waals surface area contributed by atoms with Crippen LogP contribution < -0.4 is 10.2 Å². The van der Waals surface area contributed by atoms with E-state index in [-0.39, 0.29) is 11.9 Å². The van der Waals surface area contributed by atoms with E-state index in [2.05, 4.69) is 30.1 Å². The van der Waals surface area contributed by atoms with Crippen LogP contribution in [0, 0.1) is 0 Å². The molecule has 138 valence electrons. The zero-order valence-corrected chi connectivity index (χ0v) is 14.7. The second-order valence-corrected chi connectivity index (χ2v) is 6.71. The van der Waals surface area contributed by atoms with Gasteiger partial charge in [0, 0.05) is 44.6 Å². The average molecular weight is 356 g/mol. The van der Waals surface area contributed by atoms with Crippen molar-refractivity contribution in [1.29, 1.82) is 0 Å². The molecule has 2 aromatic rings. The fraction of sp³-hybridized carbons (Fsp3) is 0.500. The molecule has 0 radical (unpaired) electrons. The lowest BCUT2D eigenvalue weighted by Crippen LogP contribution is -2.46. The molecular formula is C18H24N6O2. The number of hydrogen-bond acceptors (Lipinski definition) is 6. The minimum atomic E-state index is 0.0832. The summed E-state index contributed by atoms with van der Waals surface area (Å²) in [7, 11) is 0. The van der Waals surface area contributed by atoms with Crippen molar-refractivity contribution < 1.29 is 9.53 Å². The predicted octanol–water partition coefficient (Wildman–Crippen LogP) is 0.499. The Morgan fingerprint density at radius 2 is 2.19 bits per heavy atom. The van der Waals surface area contributed by atoms with Crippen molar-refractivity contribution in [2.45, 2.75) is 12.5 Å². The molecule has 4 heterocycles. The van der Waals surface area contributed by atoms with Crippen molar-refractivity contribution in [3.8, 4) is 11.4 Å². The largest absolute Gasteiger partial charge is 0.379 e. The van der Waals surface area contributed by atoms with Gasteiger partial charge in [-0.15, -0.1) is 0 Å². The number of aromatic nitrogens is 3. The van der Waals surface area contributed by atoms with Crippen LogP contribution in [0.4, 0.5) is 5.95 Å². The van der Waals surface area contributed by atoms with Crippen LogP contribution in [0.25, 0.3) is 11.4 Å². The van der Waals surface area contributed by atoms with E-state index in [1.165, 1.54) is 0 Å². The highest BCUT2D eigenvalue weighted by Crippen LogP contribution is 2.20. The Bertz CT molecular complexity index is 729. The average Bonchev–Trinajstić information content (AvgIpc) is 3.35. The first-order valence-corrected chi connectivity index (χ1v) is 9.09. The van der Waals surface area contributed by atoms with Crippen molar-refractivity contribution in [1.82, 2.24) is 25.2 Å². The van der Waals surface area contributed by atoms with Gasteiger partial charge in [-0.2, -0.15) is 0 Å². The first-order valence-electron chi connectivity index (χ1n) is 9.09. The molecule has 1 atom stereocenters. The van der Waals surface area contributed by atoms with Gasteiger partial charge in [-0.1, -0.05) is 0 Å². The summed E-state index contributed by atoms with van der Waals surface area (Å²) in [6.07, 6.45) is 4.57. The van der Waals surface area contributed by atoms with Gasteiger partial charge in [-0.05, 0) is 24.6 Å². The minimum Gasteiger partial charge on any atom is -0.379 e. The van der Waals surface area contributed by atoms with Gasteiger partial charge in [0.15, 0.2) is 0 Å². The number of carbonyl (C=O) groups is 1. The lowest BCUT2D eigenvalue weighted by Gasteiger charge is -2.26. The lowest BCUT2D eigenvalue weighted by molar-refractivity contribution is -0.123. The van der Waals surface area contributed by atoms with Crippen LogP contribution in [0.15, 0.2) is 30.6 Å². The summed E-state index contributed by atoms with van der Waals surface area (Å²) in [5.41, 5.74) is 1.85. The maximum absolute atomic E-state index is 12.3. The molecule has 0 aromatic carbocycles. The summed E-state index contributed by atoms with van der Waals surface area (Å²) in [6, 6.07) is 5.98. The number of aromatic amines is 1. The molecule has 2 aromatic heterocycles. The molecule has 8 nitrogen and oxygen atoms in total. The molecule has 2 aliphatic rings. The number of hydrogen-bond donors (Lipinski definition) is 2. The summed E-state index contributed by atoms with van der Waals surface area (Å²) in [6.45, 7) is 5.09. The second-order valence-electron chi connectivity index (χ2n) is 6.71. The number of nitrogens with one attached hydrogen (secondary N) is 2. The summed E-state index contributed by atoms with van der Waals surface area (Å²) in [4.78, 5) is 28.8. The maximum Gasteiger partial charge on any atom is 0.234 e. The Balaban J connectivity index is 1.32. The van der Waals surface area contributed by atoms with Crippen molar-refractivity contribution >= 4 is 11.9 Å². The van der Waals surface area contributed by atoms with Gasteiger partial charge in [0.2, 0.25) is 11.9 Å². The molecule has 4 rings (SSSR count). The van der Waals surface area contributed by atoms with Crippen LogP contribution in [0.5, 0.6) is 0 Å². The maximum atomic E-state index is 12.3. The number of morpholine rings is 1. The Morgan fingerprint density at radius 3 is 3.00 bits per heavy atom. The Hall–Kier alpha value is -2.45. The normalized spacial score (nSPS) is 21.1. The molecule has 8 heteroatoms. The van der Waals surface area contributed by atoms with E-state index in [1.54, 1.807) is 6.20 Å². The Morgan fingerprint density at radius 1 is 1.31 bits per heavy atom. The fourth-order valence-corrected chi connectivity index (χ4v) is 3.44. The highest BCUT2D eigenvalue weighted by Gasteiger charge is 2.26. The minimum absolute atomic E-state index is 0.0832. The van der Waals surface area contributed by atoms with Gasteiger partial charge in [-0.3, -0.25) is 9.69 Å². The van der Waals surface area contributed by atoms with Crippen LogP contribution >= 0.6 is 0 Å². The van der Waals surface area contributed by atoms with Crippen molar-refractivity contribution in [3.05, 3.63) is 30.6 Å². The number of rotatable bonds is 5. The van der Waals surface area contributed by atoms with Crippen LogP contribution in [0.2, 0.25) is 0 Å². The SMILES string of the molecule is O=C(CN1CCOCC1)NC1CCN(c2nccc(-c3ccc[nH]3)n2)C1. The zero-order valence-electron chi connectivity index (χ0n) is 14.7. The topological polar surface area (TPSA) is 86.4 Å². The molecule has 26 heavy (non-hydrogen) atoms. The van der Waals surface area contributed by atoms with Gasteiger partial charge in [-0.25, -0.2) is 9.97 Å². The summed E-state index contributed by atoms with van der Waals surface area (Å²) >= 11 is 0. The van der Waals surface area contributed by atoms with E-state index in [9.17, 15) is 4.79 Å². The van der Waals surface area contributed by atoms with Gasteiger partial charge in [0.05, 0.1) is 31.1 Å². The molecule has 2 saturated heterocycles. The van der Waals surface area contributed by atoms with E-state index < -0.39 is 0 Å². The molecule has 0 aliphatic carbocycles. The summed E-state index contributed by atoms with van der Waals surface area (Å²) in [5.74, 6) is 0.793. The molecule has 1 unspecified atom stereocenters. The molecule has 2 fully saturated rings. The molecule has 0 spiro atoms. The van der Waals surface area contributed by atoms with Crippen LogP contribution in [0.1, 0.15) is 6.42 Å². The monoisotopic (exact) mass is 356 g/mol. The number of carbonyl (C=O) groups excluding carboxylic acids is 1. The van der Waals surface area contributed by atoms with Crippen LogP contribution in [0.3, 0.4) is 0 Å². The van der Waals surface area contributed by atoms with Gasteiger partial charge in [0.1, 0.15) is 0 Å². The standard InChI is InChI=1S/C18H24N6O2/c25-17(13-23-8-10-26-11-9-23)21-14-4-7-24(12-14)18-20-6-3-16(22-18)15-2-1-5-19-15/h1-3,5-6,14,19H,4,7-13H2,(H,21,25). The Labute approximate surface area is 152 Å². The van der Waals surface area contributed by atoms with E-state index in [4.69, 9.17) is 4.74 Å². The third-order valence-corrected chi connectivity index (χ3v) is 4.82. The number of amides is 1. The first-order chi connectivity index (χ1) is 12.8. The van der Waals surface area contributed by atoms with Crippen molar-refractivity contribution in [3.63, 3.8) is 0 Å². The first kappa shape index (κ1) is 17.0. The quantitative estimate of drug-likeness (QED) is 0.811. The van der Waals surface area contributed by atoms with E-state index in [0.29, 0.717) is 25.7 Å². The molecule has 2 N–H and O–H groups in total. The Kier molecular flexibility index (Phi) is 5.12. The zero-order chi connectivity index (χ0) is 17.8. The number of H-pyrrole nitrogens is 1. The predicted molar refractivity (Wildman–Crippen MR) is 97.8 cm³/mol. The third kappa shape index (κ3) is 4.03. The highest BCUT2D eigenvalue weighted by atomic mass is 16.5. The third-order valence-electron chi connectivity index (χ3n) is 4.82. The molecule has 2 aliphatic heterocycles. The molecule has 0 saturated carbocycles. The summed E-state index contributed by atoms with van der Waals surface area (Å²) < 4.78 is 5.32. The van der Waals surface area contributed by atoms with Gasteiger partial charge >= 0.3 is 0 Å². The summed E-state index contributed by atoms with van der Waals surface area (Å²) in [5, 5.41) is 3.14.